The Kier molecular flexibility index (Phi) is 6.29. The Labute approximate surface area is 127 Å². The largest absolute Gasteiger partial charge is 0.381 e. The van der Waals surface area contributed by atoms with Gasteiger partial charge in [-0.05, 0) is 25.7 Å². The Morgan fingerprint density at radius 3 is 2.24 bits per heavy atom. The van der Waals surface area contributed by atoms with Crippen molar-refractivity contribution >= 4 is 11.9 Å². The summed E-state index contributed by atoms with van der Waals surface area (Å²) in [5, 5.41) is 6.95. The molecule has 6 nitrogen and oxygen atoms in total. The average molecular weight is 296 g/mol. The molecule has 0 unspecified atom stereocenters. The molecule has 1 aliphatic carbocycles. The number of rotatable bonds is 4. The van der Waals surface area contributed by atoms with E-state index in [4.69, 9.17) is 4.74 Å². The first kappa shape index (κ1) is 16.1. The minimum absolute atomic E-state index is 0.0227. The van der Waals surface area contributed by atoms with Gasteiger partial charge in [-0.3, -0.25) is 4.79 Å². The molecule has 1 aliphatic heterocycles. The molecular weight excluding hydrogens is 268 g/mol. The Balaban J connectivity index is 1.91. The van der Waals surface area contributed by atoms with E-state index in [1.165, 1.54) is 25.7 Å². The van der Waals surface area contributed by atoms with Crippen molar-refractivity contribution in [3.05, 3.63) is 0 Å². The number of ether oxygens (including phenoxy) is 1. The van der Waals surface area contributed by atoms with Crippen molar-refractivity contribution in [1.82, 2.24) is 15.5 Å². The second kappa shape index (κ2) is 8.22. The number of nitrogens with one attached hydrogen (secondary N) is 2. The van der Waals surface area contributed by atoms with E-state index in [0.717, 1.165) is 32.0 Å². The average Bonchev–Trinajstić information content (AvgIpc) is 2.98. The van der Waals surface area contributed by atoms with Crippen molar-refractivity contribution in [2.24, 2.45) is 4.99 Å². The summed E-state index contributed by atoms with van der Waals surface area (Å²) in [7, 11) is 3.52. The summed E-state index contributed by atoms with van der Waals surface area (Å²) in [5.74, 6) is 0.804. The highest BCUT2D eigenvalue weighted by molar-refractivity contribution is 5.85. The molecule has 0 atom stereocenters. The molecule has 120 valence electrons. The lowest BCUT2D eigenvalue weighted by Crippen LogP contribution is -2.48. The molecular formula is C15H28N4O2. The highest BCUT2D eigenvalue weighted by Crippen LogP contribution is 2.17. The lowest BCUT2D eigenvalue weighted by molar-refractivity contribution is -0.127. The Morgan fingerprint density at radius 1 is 1.10 bits per heavy atom. The van der Waals surface area contributed by atoms with Crippen LogP contribution in [-0.4, -0.2) is 62.7 Å². The number of likely N-dealkylation sites (N-methyl/N-ethyl adjacent to an activating group) is 1. The van der Waals surface area contributed by atoms with Crippen LogP contribution in [0.5, 0.6) is 0 Å². The van der Waals surface area contributed by atoms with Crippen molar-refractivity contribution in [3.63, 3.8) is 0 Å². The van der Waals surface area contributed by atoms with Crippen molar-refractivity contribution in [2.45, 2.75) is 50.6 Å². The van der Waals surface area contributed by atoms with Crippen LogP contribution >= 0.6 is 0 Å². The number of carbonyl (C=O) groups excluding carboxylic acids is 1. The van der Waals surface area contributed by atoms with Crippen LogP contribution < -0.4 is 10.6 Å². The molecule has 0 aromatic heterocycles. The summed E-state index contributed by atoms with van der Waals surface area (Å²) in [6.45, 7) is 1.79. The standard InChI is InChI=1S/C15H28N4O2/c1-19(2)14(20)11-16-15(17-12-5-3-4-6-12)18-13-7-9-21-10-8-13/h12-13H,3-11H2,1-2H3,(H2,16,17,18). The lowest BCUT2D eigenvalue weighted by atomic mass is 10.1. The number of nitrogens with zero attached hydrogens (tertiary/aromatic N) is 2. The zero-order valence-electron chi connectivity index (χ0n) is 13.2. The van der Waals surface area contributed by atoms with Gasteiger partial charge < -0.3 is 20.3 Å². The van der Waals surface area contributed by atoms with Gasteiger partial charge in [-0.15, -0.1) is 0 Å². The lowest BCUT2D eigenvalue weighted by Gasteiger charge is -2.26. The van der Waals surface area contributed by atoms with Crippen LogP contribution in [0.3, 0.4) is 0 Å². The first-order valence-electron chi connectivity index (χ1n) is 8.00. The fourth-order valence-corrected chi connectivity index (χ4v) is 2.72. The maximum absolute atomic E-state index is 11.7. The first-order valence-corrected chi connectivity index (χ1v) is 8.00. The van der Waals surface area contributed by atoms with Crippen LogP contribution in [0.2, 0.25) is 0 Å². The van der Waals surface area contributed by atoms with Gasteiger partial charge in [0.05, 0.1) is 0 Å². The van der Waals surface area contributed by atoms with Gasteiger partial charge in [0.1, 0.15) is 6.54 Å². The number of hydrogen-bond acceptors (Lipinski definition) is 3. The zero-order chi connectivity index (χ0) is 15.1. The highest BCUT2D eigenvalue weighted by Gasteiger charge is 2.20. The second-order valence-corrected chi connectivity index (χ2v) is 6.11. The van der Waals surface area contributed by atoms with Gasteiger partial charge in [0.25, 0.3) is 0 Å². The van der Waals surface area contributed by atoms with Gasteiger partial charge in [0.2, 0.25) is 5.91 Å². The van der Waals surface area contributed by atoms with E-state index in [-0.39, 0.29) is 12.5 Å². The van der Waals surface area contributed by atoms with E-state index >= 15 is 0 Å². The molecule has 0 radical (unpaired) electrons. The summed E-state index contributed by atoms with van der Waals surface area (Å²) in [6, 6.07) is 0.881. The van der Waals surface area contributed by atoms with Gasteiger partial charge in [0, 0.05) is 39.4 Å². The van der Waals surface area contributed by atoms with Gasteiger partial charge in [-0.1, -0.05) is 12.8 Å². The maximum Gasteiger partial charge on any atom is 0.243 e. The van der Waals surface area contributed by atoms with E-state index in [1.54, 1.807) is 19.0 Å². The monoisotopic (exact) mass is 296 g/mol. The third kappa shape index (κ3) is 5.53. The maximum atomic E-state index is 11.7. The minimum Gasteiger partial charge on any atom is -0.381 e. The fraction of sp³-hybridized carbons (Fsp3) is 0.867. The van der Waals surface area contributed by atoms with E-state index in [0.29, 0.717) is 12.1 Å². The molecule has 0 aromatic carbocycles. The smallest absolute Gasteiger partial charge is 0.243 e. The predicted molar refractivity (Wildman–Crippen MR) is 83.4 cm³/mol. The van der Waals surface area contributed by atoms with Gasteiger partial charge in [0.15, 0.2) is 5.96 Å². The summed E-state index contributed by atoms with van der Waals surface area (Å²) in [5.41, 5.74) is 0. The normalized spacial score (nSPS) is 21.3. The van der Waals surface area contributed by atoms with Crippen LogP contribution in [-0.2, 0) is 9.53 Å². The van der Waals surface area contributed by atoms with E-state index < -0.39 is 0 Å². The quantitative estimate of drug-likeness (QED) is 0.593. The van der Waals surface area contributed by atoms with Gasteiger partial charge >= 0.3 is 0 Å². The fourth-order valence-electron chi connectivity index (χ4n) is 2.72. The van der Waals surface area contributed by atoms with Crippen LogP contribution in [0.1, 0.15) is 38.5 Å². The summed E-state index contributed by atoms with van der Waals surface area (Å²) in [4.78, 5) is 17.8. The number of aliphatic imine (C=N–C) groups is 1. The molecule has 1 saturated carbocycles. The molecule has 2 fully saturated rings. The molecule has 1 heterocycles. The van der Waals surface area contributed by atoms with Crippen LogP contribution in [0.4, 0.5) is 0 Å². The third-order valence-electron chi connectivity index (χ3n) is 4.13. The summed E-state index contributed by atoms with van der Waals surface area (Å²) in [6.07, 6.45) is 6.92. The van der Waals surface area contributed by atoms with E-state index in [1.807, 2.05) is 0 Å². The zero-order valence-corrected chi connectivity index (χ0v) is 13.2. The molecule has 1 amide bonds. The van der Waals surface area contributed by atoms with Crippen molar-refractivity contribution in [3.8, 4) is 0 Å². The Hall–Kier alpha value is -1.30. The number of amides is 1. The summed E-state index contributed by atoms with van der Waals surface area (Å²) < 4.78 is 5.38. The van der Waals surface area contributed by atoms with Crippen LogP contribution in [0.25, 0.3) is 0 Å². The SMILES string of the molecule is CN(C)C(=O)CN=C(NC1CCCC1)NC1CCOCC1. The number of carbonyl (C=O) groups is 1. The number of guanidine groups is 1. The molecule has 1 saturated heterocycles. The Bertz CT molecular complexity index is 359. The highest BCUT2D eigenvalue weighted by atomic mass is 16.5. The van der Waals surface area contributed by atoms with E-state index in [9.17, 15) is 4.79 Å². The van der Waals surface area contributed by atoms with Crippen LogP contribution in [0, 0.1) is 0 Å². The van der Waals surface area contributed by atoms with Crippen molar-refractivity contribution in [1.29, 1.82) is 0 Å². The number of hydrogen-bond donors (Lipinski definition) is 2. The molecule has 0 aromatic rings. The predicted octanol–water partition coefficient (Wildman–Crippen LogP) is 0.731. The second-order valence-electron chi connectivity index (χ2n) is 6.11. The van der Waals surface area contributed by atoms with Crippen LogP contribution in [0.15, 0.2) is 4.99 Å². The minimum atomic E-state index is 0.0227. The summed E-state index contributed by atoms with van der Waals surface area (Å²) >= 11 is 0. The first-order chi connectivity index (χ1) is 10.1. The van der Waals surface area contributed by atoms with E-state index in [2.05, 4.69) is 15.6 Å². The van der Waals surface area contributed by atoms with Crippen molar-refractivity contribution < 1.29 is 9.53 Å². The molecule has 0 spiro atoms. The molecule has 0 bridgehead atoms. The topological polar surface area (TPSA) is 66.0 Å². The van der Waals surface area contributed by atoms with Crippen molar-refractivity contribution in [2.75, 3.05) is 33.9 Å². The molecule has 2 N–H and O–H groups in total. The van der Waals surface area contributed by atoms with Gasteiger partial charge in [-0.25, -0.2) is 4.99 Å². The molecule has 21 heavy (non-hydrogen) atoms. The molecule has 6 heteroatoms. The molecule has 2 rings (SSSR count). The molecule has 2 aliphatic rings. The van der Waals surface area contributed by atoms with Gasteiger partial charge in [-0.2, -0.15) is 0 Å². The third-order valence-corrected chi connectivity index (χ3v) is 4.13. The Morgan fingerprint density at radius 2 is 1.67 bits per heavy atom.